The number of hydrogen-bond acceptors (Lipinski definition) is 4. The highest BCUT2D eigenvalue weighted by atomic mass is 32.1. The topological polar surface area (TPSA) is 36.3 Å². The molecule has 0 atom stereocenters. The molecule has 4 aromatic rings. The summed E-state index contributed by atoms with van der Waals surface area (Å²) in [5.41, 5.74) is 4.21. The van der Waals surface area contributed by atoms with Crippen molar-refractivity contribution >= 4 is 11.3 Å². The van der Waals surface area contributed by atoms with Gasteiger partial charge in [0.05, 0.1) is 30.9 Å². The predicted octanol–water partition coefficient (Wildman–Crippen LogP) is 5.33. The maximum atomic E-state index is 5.98. The van der Waals surface area contributed by atoms with E-state index < -0.39 is 0 Å². The van der Waals surface area contributed by atoms with Crippen molar-refractivity contribution < 1.29 is 9.47 Å². The van der Waals surface area contributed by atoms with Gasteiger partial charge in [-0.05, 0) is 41.3 Å². The van der Waals surface area contributed by atoms with Gasteiger partial charge in [-0.3, -0.25) is 0 Å². The lowest BCUT2D eigenvalue weighted by molar-refractivity contribution is 0.107. The number of rotatable bonds is 7. The fourth-order valence-corrected chi connectivity index (χ4v) is 3.59. The van der Waals surface area contributed by atoms with Crippen LogP contribution in [0.3, 0.4) is 0 Å². The molecular weight excluding hydrogens is 356 g/mol. The van der Waals surface area contributed by atoms with E-state index in [1.165, 1.54) is 0 Å². The van der Waals surface area contributed by atoms with Gasteiger partial charge in [0.15, 0.2) is 0 Å². The molecule has 0 aliphatic heterocycles. The molecule has 0 radical (unpaired) electrons. The highest BCUT2D eigenvalue weighted by Gasteiger charge is 2.13. The number of aromatic nitrogens is 2. The molecule has 0 aliphatic rings. The molecule has 136 valence electrons. The number of nitrogens with zero attached hydrogens (tertiary/aromatic N) is 2. The van der Waals surface area contributed by atoms with Crippen molar-refractivity contribution in [1.29, 1.82) is 0 Å². The molecule has 0 saturated heterocycles. The summed E-state index contributed by atoms with van der Waals surface area (Å²) in [5.74, 6) is 0.850. The van der Waals surface area contributed by atoms with Crippen LogP contribution in [0, 0.1) is 0 Å². The minimum absolute atomic E-state index is 0.506. The molecule has 4 nitrogen and oxygen atoms in total. The Morgan fingerprint density at radius 3 is 2.44 bits per heavy atom. The van der Waals surface area contributed by atoms with Crippen LogP contribution in [0.4, 0.5) is 0 Å². The van der Waals surface area contributed by atoms with Crippen LogP contribution in [0.1, 0.15) is 11.1 Å². The van der Waals surface area contributed by atoms with Crippen LogP contribution in [-0.4, -0.2) is 16.9 Å². The van der Waals surface area contributed by atoms with E-state index in [9.17, 15) is 0 Å². The third-order valence-corrected chi connectivity index (χ3v) is 5.13. The summed E-state index contributed by atoms with van der Waals surface area (Å²) >= 11 is 1.69. The van der Waals surface area contributed by atoms with Crippen LogP contribution in [0.5, 0.6) is 5.75 Å². The first-order valence-electron chi connectivity index (χ1n) is 8.72. The highest BCUT2D eigenvalue weighted by Crippen LogP contribution is 2.28. The number of para-hydroxylation sites is 1. The van der Waals surface area contributed by atoms with Crippen molar-refractivity contribution in [2.24, 2.45) is 0 Å². The third-order valence-electron chi connectivity index (χ3n) is 4.25. The van der Waals surface area contributed by atoms with Crippen LogP contribution in [0.25, 0.3) is 16.3 Å². The number of methoxy groups -OCH3 is 1. The van der Waals surface area contributed by atoms with E-state index >= 15 is 0 Å². The Morgan fingerprint density at radius 1 is 0.926 bits per heavy atom. The molecule has 0 N–H and O–H groups in total. The zero-order valence-corrected chi connectivity index (χ0v) is 15.9. The van der Waals surface area contributed by atoms with E-state index in [2.05, 4.69) is 17.6 Å². The van der Waals surface area contributed by atoms with Crippen molar-refractivity contribution in [1.82, 2.24) is 9.78 Å². The van der Waals surface area contributed by atoms with Crippen LogP contribution < -0.4 is 4.74 Å². The van der Waals surface area contributed by atoms with Gasteiger partial charge < -0.3 is 9.47 Å². The molecule has 2 heterocycles. The molecule has 0 aliphatic carbocycles. The first-order chi connectivity index (χ1) is 13.3. The molecule has 0 saturated carbocycles. The molecule has 27 heavy (non-hydrogen) atoms. The smallest absolute Gasteiger partial charge is 0.118 e. The lowest BCUT2D eigenvalue weighted by Crippen LogP contribution is -1.95. The molecule has 0 spiro atoms. The van der Waals surface area contributed by atoms with Crippen molar-refractivity contribution in [2.45, 2.75) is 13.2 Å². The second kappa shape index (κ2) is 8.20. The van der Waals surface area contributed by atoms with Gasteiger partial charge in [-0.15, -0.1) is 11.3 Å². The highest BCUT2D eigenvalue weighted by molar-refractivity contribution is 7.13. The van der Waals surface area contributed by atoms with Crippen molar-refractivity contribution in [3.05, 3.63) is 89.4 Å². The quantitative estimate of drug-likeness (QED) is 0.438. The van der Waals surface area contributed by atoms with Crippen LogP contribution >= 0.6 is 11.3 Å². The summed E-state index contributed by atoms with van der Waals surface area (Å²) in [6, 6.07) is 22.2. The van der Waals surface area contributed by atoms with Crippen molar-refractivity contribution in [2.75, 3.05) is 7.11 Å². The third kappa shape index (κ3) is 4.10. The monoisotopic (exact) mass is 376 g/mol. The summed E-state index contributed by atoms with van der Waals surface area (Å²) in [5, 5.41) is 6.87. The minimum atomic E-state index is 0.506. The molecule has 5 heteroatoms. The number of hydrogen-bond donors (Lipinski definition) is 0. The summed E-state index contributed by atoms with van der Waals surface area (Å²) in [6.07, 6.45) is 2.05. The van der Waals surface area contributed by atoms with Crippen LogP contribution in [-0.2, 0) is 18.0 Å². The number of thiophene rings is 1. The van der Waals surface area contributed by atoms with Crippen molar-refractivity contribution in [3.8, 4) is 22.0 Å². The number of benzene rings is 2. The molecule has 0 bridgehead atoms. The van der Waals surface area contributed by atoms with E-state index in [1.54, 1.807) is 18.4 Å². The van der Waals surface area contributed by atoms with Crippen LogP contribution in [0.15, 0.2) is 78.3 Å². The first-order valence-corrected chi connectivity index (χ1v) is 9.60. The van der Waals surface area contributed by atoms with Gasteiger partial charge >= 0.3 is 0 Å². The lowest BCUT2D eigenvalue weighted by Gasteiger charge is -2.05. The van der Waals surface area contributed by atoms with Gasteiger partial charge in [0, 0.05) is 11.8 Å². The van der Waals surface area contributed by atoms with Gasteiger partial charge in [-0.1, -0.05) is 36.4 Å². The van der Waals surface area contributed by atoms with Gasteiger partial charge in [-0.2, -0.15) is 5.10 Å². The molecule has 0 fully saturated rings. The average molecular weight is 376 g/mol. The second-order valence-electron chi connectivity index (χ2n) is 6.10. The lowest BCUT2D eigenvalue weighted by atomic mass is 10.2. The second-order valence-corrected chi connectivity index (χ2v) is 7.05. The van der Waals surface area contributed by atoms with Gasteiger partial charge in [0.1, 0.15) is 11.4 Å². The molecule has 2 aromatic heterocycles. The van der Waals surface area contributed by atoms with Crippen molar-refractivity contribution in [3.63, 3.8) is 0 Å². The Kier molecular flexibility index (Phi) is 5.32. The van der Waals surface area contributed by atoms with E-state index in [1.807, 2.05) is 65.3 Å². The zero-order valence-electron chi connectivity index (χ0n) is 15.0. The minimum Gasteiger partial charge on any atom is -0.497 e. The van der Waals surface area contributed by atoms with Crippen LogP contribution in [0.2, 0.25) is 0 Å². The normalized spacial score (nSPS) is 10.9. The fourth-order valence-electron chi connectivity index (χ4n) is 2.85. The summed E-state index contributed by atoms with van der Waals surface area (Å²) < 4.78 is 13.1. The SMILES string of the molecule is COc1ccc(COCc2cn(-c3ccccc3)nc2-c2cccs2)cc1. The molecule has 2 aromatic carbocycles. The molecular formula is C22H20N2O2S. The average Bonchev–Trinajstić information content (AvgIpc) is 3.39. The maximum Gasteiger partial charge on any atom is 0.118 e. The van der Waals surface area contributed by atoms with E-state index in [0.717, 1.165) is 33.1 Å². The van der Waals surface area contributed by atoms with E-state index in [4.69, 9.17) is 14.6 Å². The van der Waals surface area contributed by atoms with Gasteiger partial charge in [-0.25, -0.2) is 4.68 Å². The maximum absolute atomic E-state index is 5.98. The Hall–Kier alpha value is -2.89. The molecule has 0 amide bonds. The Morgan fingerprint density at radius 2 is 1.74 bits per heavy atom. The Labute approximate surface area is 162 Å². The van der Waals surface area contributed by atoms with E-state index in [0.29, 0.717) is 13.2 Å². The first kappa shape index (κ1) is 17.5. The summed E-state index contributed by atoms with van der Waals surface area (Å²) in [7, 11) is 1.67. The number of ether oxygens (including phenoxy) is 2. The van der Waals surface area contributed by atoms with E-state index in [-0.39, 0.29) is 0 Å². The largest absolute Gasteiger partial charge is 0.497 e. The van der Waals surface area contributed by atoms with Gasteiger partial charge in [0.2, 0.25) is 0 Å². The summed E-state index contributed by atoms with van der Waals surface area (Å²) in [4.78, 5) is 1.15. The van der Waals surface area contributed by atoms with Gasteiger partial charge in [0.25, 0.3) is 0 Å². The predicted molar refractivity (Wildman–Crippen MR) is 108 cm³/mol. The summed E-state index contributed by atoms with van der Waals surface area (Å²) in [6.45, 7) is 1.05. The molecule has 4 rings (SSSR count). The Balaban J connectivity index is 1.52. The Bertz CT molecular complexity index is 977. The standard InChI is InChI=1S/C22H20N2O2S/c1-25-20-11-9-17(10-12-20)15-26-16-18-14-24(19-6-3-2-4-7-19)23-22(18)21-8-5-13-27-21/h2-14H,15-16H2,1H3. The molecule has 0 unspecified atom stereocenters. The fraction of sp³-hybridized carbons (Fsp3) is 0.136. The zero-order chi connectivity index (χ0) is 18.5.